The van der Waals surface area contributed by atoms with Gasteiger partial charge in [-0.25, -0.2) is 9.66 Å². The minimum Gasteiger partial charge on any atom is -0.481 e. The summed E-state index contributed by atoms with van der Waals surface area (Å²) in [7, 11) is 3.71. The Labute approximate surface area is 113 Å². The minimum atomic E-state index is -0.872. The van der Waals surface area contributed by atoms with Crippen LogP contribution in [0.4, 0.5) is 0 Å². The van der Waals surface area contributed by atoms with E-state index in [1.165, 1.54) is 11.8 Å². The minimum absolute atomic E-state index is 0.0330. The summed E-state index contributed by atoms with van der Waals surface area (Å²) in [4.78, 5) is 15.0. The van der Waals surface area contributed by atoms with Crippen molar-refractivity contribution >= 4 is 40.4 Å². The molecule has 0 aliphatic rings. The predicted molar refractivity (Wildman–Crippen MR) is 73.2 cm³/mol. The normalized spacial score (nSPS) is 10.8. The van der Waals surface area contributed by atoms with Gasteiger partial charge in [-0.2, -0.15) is 0 Å². The molecule has 1 heterocycles. The molecule has 1 N–H and O–H groups in total. The van der Waals surface area contributed by atoms with Crippen LogP contribution in [0.15, 0.2) is 23.4 Å². The molecule has 18 heavy (non-hydrogen) atoms. The Balaban J connectivity index is 2.55. The van der Waals surface area contributed by atoms with Gasteiger partial charge in [-0.15, -0.1) is 0 Å². The van der Waals surface area contributed by atoms with E-state index in [1.807, 2.05) is 35.9 Å². The number of imidazole rings is 1. The van der Waals surface area contributed by atoms with Crippen molar-refractivity contribution in [3.63, 3.8) is 0 Å². The fourth-order valence-electron chi connectivity index (χ4n) is 1.64. The van der Waals surface area contributed by atoms with Crippen LogP contribution >= 0.6 is 23.4 Å². The maximum Gasteiger partial charge on any atom is 0.313 e. The van der Waals surface area contributed by atoms with Crippen molar-refractivity contribution in [2.45, 2.75) is 5.16 Å². The van der Waals surface area contributed by atoms with E-state index in [0.717, 1.165) is 11.0 Å². The topological polar surface area (TPSA) is 58.4 Å². The number of carboxylic acids is 1. The SMILES string of the molecule is CN(C)n1c(SCC(=O)O)nc2cccc(Cl)c21. The van der Waals surface area contributed by atoms with Crippen molar-refractivity contribution in [2.75, 3.05) is 24.9 Å². The Kier molecular flexibility index (Phi) is 3.68. The van der Waals surface area contributed by atoms with Gasteiger partial charge in [0.15, 0.2) is 5.16 Å². The van der Waals surface area contributed by atoms with E-state index in [1.54, 1.807) is 6.07 Å². The summed E-state index contributed by atoms with van der Waals surface area (Å²) in [5.74, 6) is -0.905. The molecule has 2 rings (SSSR count). The number of fused-ring (bicyclic) bond motifs is 1. The molecule has 0 saturated heterocycles. The van der Waals surface area contributed by atoms with Crippen molar-refractivity contribution in [1.29, 1.82) is 0 Å². The second kappa shape index (κ2) is 5.07. The molecule has 0 saturated carbocycles. The van der Waals surface area contributed by atoms with E-state index in [-0.39, 0.29) is 5.75 Å². The number of thioether (sulfide) groups is 1. The first-order valence-electron chi connectivity index (χ1n) is 5.20. The van der Waals surface area contributed by atoms with Gasteiger partial charge >= 0.3 is 5.97 Å². The van der Waals surface area contributed by atoms with Gasteiger partial charge in [0, 0.05) is 14.1 Å². The molecule has 5 nitrogen and oxygen atoms in total. The molecule has 0 spiro atoms. The zero-order chi connectivity index (χ0) is 13.3. The van der Waals surface area contributed by atoms with Gasteiger partial charge in [0.25, 0.3) is 0 Å². The molecule has 2 aromatic rings. The molecule has 1 aromatic carbocycles. The molecule has 1 aromatic heterocycles. The molecule has 0 aliphatic carbocycles. The molecule has 0 fully saturated rings. The van der Waals surface area contributed by atoms with Gasteiger partial charge in [0.1, 0.15) is 5.52 Å². The standard InChI is InChI=1S/C11H12ClN3O2S/c1-14(2)15-10-7(12)4-3-5-8(10)13-11(15)18-6-9(16)17/h3-5H,6H2,1-2H3,(H,16,17). The molecular formula is C11H12ClN3O2S. The van der Waals surface area contributed by atoms with E-state index in [4.69, 9.17) is 16.7 Å². The van der Waals surface area contributed by atoms with Crippen LogP contribution in [0.3, 0.4) is 0 Å². The zero-order valence-corrected chi connectivity index (χ0v) is 11.5. The third-order valence-electron chi connectivity index (χ3n) is 2.30. The van der Waals surface area contributed by atoms with E-state index < -0.39 is 5.97 Å². The van der Waals surface area contributed by atoms with Crippen molar-refractivity contribution < 1.29 is 9.90 Å². The van der Waals surface area contributed by atoms with E-state index >= 15 is 0 Å². The maximum absolute atomic E-state index is 10.6. The largest absolute Gasteiger partial charge is 0.481 e. The number of rotatable bonds is 4. The van der Waals surface area contributed by atoms with E-state index in [2.05, 4.69) is 4.98 Å². The van der Waals surface area contributed by atoms with Gasteiger partial charge in [-0.05, 0) is 12.1 Å². The van der Waals surface area contributed by atoms with Crippen molar-refractivity contribution in [3.05, 3.63) is 23.2 Å². The highest BCUT2D eigenvalue weighted by atomic mass is 35.5. The molecule has 0 amide bonds. The first-order chi connectivity index (χ1) is 8.50. The number of hydrogen-bond donors (Lipinski definition) is 1. The summed E-state index contributed by atoms with van der Waals surface area (Å²) >= 11 is 7.34. The monoisotopic (exact) mass is 285 g/mol. The fraction of sp³-hybridized carbons (Fsp3) is 0.273. The Morgan fingerprint density at radius 3 is 2.89 bits per heavy atom. The predicted octanol–water partition coefficient (Wildman–Crippen LogP) is 2.06. The number of para-hydroxylation sites is 1. The quantitative estimate of drug-likeness (QED) is 0.872. The number of benzene rings is 1. The molecule has 96 valence electrons. The van der Waals surface area contributed by atoms with E-state index in [9.17, 15) is 4.79 Å². The molecule has 0 aliphatic heterocycles. The van der Waals surface area contributed by atoms with Crippen LogP contribution in [-0.4, -0.2) is 40.6 Å². The summed E-state index contributed by atoms with van der Waals surface area (Å²) < 4.78 is 1.81. The second-order valence-electron chi connectivity index (χ2n) is 3.84. The van der Waals surface area contributed by atoms with Crippen LogP contribution in [0.25, 0.3) is 11.0 Å². The zero-order valence-electron chi connectivity index (χ0n) is 9.92. The van der Waals surface area contributed by atoms with Crippen LogP contribution in [-0.2, 0) is 4.79 Å². The second-order valence-corrected chi connectivity index (χ2v) is 5.19. The molecule has 0 bridgehead atoms. The number of aromatic nitrogens is 2. The van der Waals surface area contributed by atoms with Crippen molar-refractivity contribution in [1.82, 2.24) is 9.66 Å². The molecule has 0 radical (unpaired) electrons. The highest BCUT2D eigenvalue weighted by molar-refractivity contribution is 7.99. The lowest BCUT2D eigenvalue weighted by atomic mass is 10.3. The average Bonchev–Trinajstić information content (AvgIpc) is 2.66. The summed E-state index contributed by atoms with van der Waals surface area (Å²) in [6, 6.07) is 5.46. The summed E-state index contributed by atoms with van der Waals surface area (Å²) in [6.45, 7) is 0. The molecule has 0 unspecified atom stereocenters. The Hall–Kier alpha value is -1.40. The van der Waals surface area contributed by atoms with Crippen molar-refractivity contribution in [3.8, 4) is 0 Å². The lowest BCUT2D eigenvalue weighted by Gasteiger charge is -2.17. The molecular weight excluding hydrogens is 274 g/mol. The van der Waals surface area contributed by atoms with Gasteiger partial charge in [-0.1, -0.05) is 29.4 Å². The molecule has 7 heteroatoms. The number of carbonyl (C=O) groups is 1. The van der Waals surface area contributed by atoms with Crippen LogP contribution in [0.1, 0.15) is 0 Å². The number of nitrogens with zero attached hydrogens (tertiary/aromatic N) is 3. The van der Waals surface area contributed by atoms with Crippen LogP contribution in [0.2, 0.25) is 5.02 Å². The lowest BCUT2D eigenvalue weighted by Crippen LogP contribution is -2.25. The van der Waals surface area contributed by atoms with Crippen LogP contribution in [0, 0.1) is 0 Å². The van der Waals surface area contributed by atoms with Gasteiger partial charge in [0.2, 0.25) is 0 Å². The number of hydrogen-bond acceptors (Lipinski definition) is 4. The molecule has 0 atom stereocenters. The van der Waals surface area contributed by atoms with Crippen LogP contribution in [0.5, 0.6) is 0 Å². The van der Waals surface area contributed by atoms with Gasteiger partial charge < -0.3 is 10.1 Å². The Morgan fingerprint density at radius 2 is 2.28 bits per heavy atom. The Bertz CT molecular complexity index is 597. The maximum atomic E-state index is 10.6. The van der Waals surface area contributed by atoms with Crippen LogP contribution < -0.4 is 5.01 Å². The van der Waals surface area contributed by atoms with Gasteiger partial charge in [0.05, 0.1) is 16.3 Å². The third-order valence-corrected chi connectivity index (χ3v) is 3.52. The average molecular weight is 286 g/mol. The third kappa shape index (κ3) is 2.39. The van der Waals surface area contributed by atoms with E-state index in [0.29, 0.717) is 10.2 Å². The highest BCUT2D eigenvalue weighted by Gasteiger charge is 2.16. The number of halogens is 1. The highest BCUT2D eigenvalue weighted by Crippen LogP contribution is 2.28. The smallest absolute Gasteiger partial charge is 0.313 e. The number of aliphatic carboxylic acids is 1. The summed E-state index contributed by atoms with van der Waals surface area (Å²) in [6.07, 6.45) is 0. The Morgan fingerprint density at radius 1 is 1.56 bits per heavy atom. The summed E-state index contributed by atoms with van der Waals surface area (Å²) in [5, 5.41) is 11.8. The first-order valence-corrected chi connectivity index (χ1v) is 6.56. The first kappa shape index (κ1) is 13.0. The number of carboxylic acid groups (broad SMARTS) is 1. The fourth-order valence-corrected chi connectivity index (χ4v) is 2.68. The lowest BCUT2D eigenvalue weighted by molar-refractivity contribution is -0.133. The van der Waals surface area contributed by atoms with Crippen molar-refractivity contribution in [2.24, 2.45) is 0 Å². The summed E-state index contributed by atoms with van der Waals surface area (Å²) in [5.41, 5.74) is 1.54. The van der Waals surface area contributed by atoms with Gasteiger partial charge in [-0.3, -0.25) is 4.79 Å².